The number of methoxy groups -OCH3 is 1. The van der Waals surface area contributed by atoms with Crippen LogP contribution in [0.5, 0.6) is 0 Å². The van der Waals surface area contributed by atoms with Gasteiger partial charge < -0.3 is 20.3 Å². The van der Waals surface area contributed by atoms with E-state index < -0.39 is 10.5 Å². The minimum Gasteiger partial charge on any atom is -0.368 e. The number of hydrogen-bond donors (Lipinski definition) is 2. The van der Waals surface area contributed by atoms with Crippen molar-refractivity contribution in [3.8, 4) is 0 Å². The van der Waals surface area contributed by atoms with Crippen molar-refractivity contribution < 1.29 is 14.5 Å². The SMILES string of the molecule is COC1(C(=O)N2CCC(Nc3ccc([N+](=O)[O-])cn3)C2)CCNCC1.Cl.Cl. The Labute approximate surface area is 170 Å². The third-order valence-corrected chi connectivity index (χ3v) is 4.98. The number of amides is 1. The molecule has 1 aromatic heterocycles. The van der Waals surface area contributed by atoms with Crippen molar-refractivity contribution in [2.45, 2.75) is 30.9 Å². The van der Waals surface area contributed by atoms with E-state index in [9.17, 15) is 14.9 Å². The maximum absolute atomic E-state index is 12.9. The highest BCUT2D eigenvalue weighted by molar-refractivity contribution is 5.86. The summed E-state index contributed by atoms with van der Waals surface area (Å²) >= 11 is 0. The number of rotatable bonds is 5. The number of ether oxygens (including phenoxy) is 1. The Morgan fingerprint density at radius 2 is 2.11 bits per heavy atom. The number of likely N-dealkylation sites (tertiary alicyclic amines) is 1. The number of hydrogen-bond acceptors (Lipinski definition) is 7. The number of aromatic nitrogens is 1. The number of nitro groups is 1. The minimum absolute atomic E-state index is 0. The molecule has 0 radical (unpaired) electrons. The van der Waals surface area contributed by atoms with Gasteiger partial charge in [-0.3, -0.25) is 14.9 Å². The van der Waals surface area contributed by atoms with Gasteiger partial charge in [0, 0.05) is 32.3 Å². The fourth-order valence-corrected chi connectivity index (χ4v) is 3.48. The Morgan fingerprint density at radius 1 is 1.41 bits per heavy atom. The first-order valence-electron chi connectivity index (χ1n) is 8.46. The van der Waals surface area contributed by atoms with Gasteiger partial charge in [0.1, 0.15) is 17.6 Å². The zero-order valence-corrected chi connectivity index (χ0v) is 16.7. The molecule has 0 bridgehead atoms. The van der Waals surface area contributed by atoms with Gasteiger partial charge in [-0.15, -0.1) is 24.8 Å². The number of anilines is 1. The highest BCUT2D eigenvalue weighted by atomic mass is 35.5. The van der Waals surface area contributed by atoms with Gasteiger partial charge in [0.05, 0.1) is 4.92 Å². The number of carbonyl (C=O) groups is 1. The second kappa shape index (κ2) is 10.0. The Bertz CT molecular complexity index is 640. The maximum atomic E-state index is 12.9. The Kier molecular flexibility index (Phi) is 8.67. The fraction of sp³-hybridized carbons (Fsp3) is 0.625. The Hall–Kier alpha value is -1.68. The lowest BCUT2D eigenvalue weighted by Gasteiger charge is -2.37. The van der Waals surface area contributed by atoms with Crippen LogP contribution in [0.2, 0.25) is 0 Å². The second-order valence-electron chi connectivity index (χ2n) is 6.49. The summed E-state index contributed by atoms with van der Waals surface area (Å²) in [7, 11) is 1.61. The lowest BCUT2D eigenvalue weighted by molar-refractivity contribution is -0.385. The van der Waals surface area contributed by atoms with Gasteiger partial charge in [0.15, 0.2) is 0 Å². The molecule has 9 nitrogen and oxygen atoms in total. The van der Waals surface area contributed by atoms with E-state index in [0.717, 1.165) is 19.5 Å². The van der Waals surface area contributed by atoms with E-state index in [4.69, 9.17) is 4.74 Å². The van der Waals surface area contributed by atoms with Crippen LogP contribution in [0.1, 0.15) is 19.3 Å². The molecule has 3 rings (SSSR count). The molecule has 2 saturated heterocycles. The van der Waals surface area contributed by atoms with Crippen LogP contribution in [0.15, 0.2) is 18.3 Å². The monoisotopic (exact) mass is 421 g/mol. The number of pyridine rings is 1. The van der Waals surface area contributed by atoms with Gasteiger partial charge in [-0.2, -0.15) is 0 Å². The Balaban J connectivity index is 0.00000182. The number of halogens is 2. The van der Waals surface area contributed by atoms with E-state index in [2.05, 4.69) is 15.6 Å². The van der Waals surface area contributed by atoms with Gasteiger partial charge in [-0.05, 0) is 38.4 Å². The molecule has 0 aliphatic carbocycles. The van der Waals surface area contributed by atoms with Crippen LogP contribution in [-0.2, 0) is 9.53 Å². The largest absolute Gasteiger partial charge is 0.368 e. The molecular formula is C16H25Cl2N5O4. The van der Waals surface area contributed by atoms with E-state index in [0.29, 0.717) is 31.7 Å². The van der Waals surface area contributed by atoms with Crippen LogP contribution in [0.25, 0.3) is 0 Å². The number of piperidine rings is 1. The molecule has 2 aliphatic rings. The first-order chi connectivity index (χ1) is 12.0. The summed E-state index contributed by atoms with van der Waals surface area (Å²) in [5.74, 6) is 0.630. The van der Waals surface area contributed by atoms with Crippen LogP contribution in [0.4, 0.5) is 11.5 Å². The molecule has 11 heteroatoms. The average Bonchev–Trinajstić information content (AvgIpc) is 3.10. The lowest BCUT2D eigenvalue weighted by Crippen LogP contribution is -2.55. The van der Waals surface area contributed by atoms with Crippen molar-refractivity contribution in [2.75, 3.05) is 38.6 Å². The normalized spacial score (nSPS) is 20.9. The molecule has 152 valence electrons. The summed E-state index contributed by atoms with van der Waals surface area (Å²) in [6, 6.07) is 3.09. The van der Waals surface area contributed by atoms with Crippen molar-refractivity contribution >= 4 is 42.2 Å². The molecular weight excluding hydrogens is 397 g/mol. The molecule has 1 aromatic rings. The molecule has 2 aliphatic heterocycles. The smallest absolute Gasteiger partial charge is 0.287 e. The molecule has 2 fully saturated rings. The number of nitrogens with zero attached hydrogens (tertiary/aromatic N) is 3. The Morgan fingerprint density at radius 3 is 2.67 bits per heavy atom. The third-order valence-electron chi connectivity index (χ3n) is 4.98. The molecule has 27 heavy (non-hydrogen) atoms. The van der Waals surface area contributed by atoms with Gasteiger partial charge in [-0.25, -0.2) is 4.98 Å². The summed E-state index contributed by atoms with van der Waals surface area (Å²) in [6.45, 7) is 2.81. The highest BCUT2D eigenvalue weighted by Gasteiger charge is 2.44. The maximum Gasteiger partial charge on any atom is 0.287 e. The predicted molar refractivity (Wildman–Crippen MR) is 106 cm³/mol. The quantitative estimate of drug-likeness (QED) is 0.548. The average molecular weight is 422 g/mol. The van der Waals surface area contributed by atoms with Gasteiger partial charge in [0.25, 0.3) is 11.6 Å². The van der Waals surface area contributed by atoms with Crippen LogP contribution in [-0.4, -0.2) is 65.6 Å². The fourth-order valence-electron chi connectivity index (χ4n) is 3.48. The molecule has 0 spiro atoms. The zero-order valence-electron chi connectivity index (χ0n) is 15.1. The topological polar surface area (TPSA) is 110 Å². The third kappa shape index (κ3) is 5.19. The van der Waals surface area contributed by atoms with Crippen molar-refractivity contribution in [2.24, 2.45) is 0 Å². The molecule has 0 aromatic carbocycles. The van der Waals surface area contributed by atoms with Gasteiger partial charge in [0.2, 0.25) is 0 Å². The number of nitrogens with one attached hydrogen (secondary N) is 2. The van der Waals surface area contributed by atoms with Crippen molar-refractivity contribution in [1.82, 2.24) is 15.2 Å². The summed E-state index contributed by atoms with van der Waals surface area (Å²) < 4.78 is 5.61. The van der Waals surface area contributed by atoms with E-state index in [1.807, 2.05) is 4.90 Å². The summed E-state index contributed by atoms with van der Waals surface area (Å²) in [6.07, 6.45) is 3.40. The zero-order chi connectivity index (χ0) is 17.9. The van der Waals surface area contributed by atoms with Crippen molar-refractivity contribution in [3.63, 3.8) is 0 Å². The summed E-state index contributed by atoms with van der Waals surface area (Å²) in [5.41, 5.74) is -0.757. The summed E-state index contributed by atoms with van der Waals surface area (Å²) in [5, 5.41) is 17.2. The second-order valence-corrected chi connectivity index (χ2v) is 6.49. The first kappa shape index (κ1) is 23.4. The molecule has 1 atom stereocenters. The molecule has 1 amide bonds. The van der Waals surface area contributed by atoms with Gasteiger partial charge in [-0.1, -0.05) is 0 Å². The molecule has 1 unspecified atom stereocenters. The van der Waals surface area contributed by atoms with Crippen molar-refractivity contribution in [3.05, 3.63) is 28.4 Å². The van der Waals surface area contributed by atoms with Crippen LogP contribution < -0.4 is 10.6 Å². The molecule has 0 saturated carbocycles. The first-order valence-corrected chi connectivity index (χ1v) is 8.46. The summed E-state index contributed by atoms with van der Waals surface area (Å²) in [4.78, 5) is 29.0. The van der Waals surface area contributed by atoms with E-state index in [1.165, 1.54) is 12.3 Å². The standard InChI is InChI=1S/C16H23N5O4.2ClH/c1-25-16(5-7-17-8-6-16)15(22)20-9-4-12(11-20)19-14-3-2-13(10-18-14)21(23)24;;/h2-3,10,12,17H,4-9,11H2,1H3,(H,18,19);2*1H. The number of carbonyl (C=O) groups excluding carboxylic acids is 1. The van der Waals surface area contributed by atoms with Crippen LogP contribution >= 0.6 is 24.8 Å². The van der Waals surface area contributed by atoms with Gasteiger partial charge >= 0.3 is 0 Å². The van der Waals surface area contributed by atoms with Crippen LogP contribution in [0, 0.1) is 10.1 Å². The highest BCUT2D eigenvalue weighted by Crippen LogP contribution is 2.27. The van der Waals surface area contributed by atoms with E-state index >= 15 is 0 Å². The van der Waals surface area contributed by atoms with Crippen LogP contribution in [0.3, 0.4) is 0 Å². The predicted octanol–water partition coefficient (Wildman–Crippen LogP) is 1.61. The molecule has 3 heterocycles. The minimum atomic E-state index is -0.717. The van der Waals surface area contributed by atoms with E-state index in [1.54, 1.807) is 13.2 Å². The van der Waals surface area contributed by atoms with E-state index in [-0.39, 0.29) is 42.5 Å². The molecule has 2 N–H and O–H groups in total. The van der Waals surface area contributed by atoms with Crippen molar-refractivity contribution in [1.29, 1.82) is 0 Å². The lowest BCUT2D eigenvalue weighted by atomic mass is 9.90.